The highest BCUT2D eigenvalue weighted by Gasteiger charge is 2.24. The van der Waals surface area contributed by atoms with Crippen LogP contribution in [0.3, 0.4) is 0 Å². The molecular formula is C14H22ClN5O. The minimum absolute atomic E-state index is 0.141. The molecule has 1 aliphatic rings. The zero-order chi connectivity index (χ0) is 15.1. The van der Waals surface area contributed by atoms with Crippen molar-refractivity contribution in [2.24, 2.45) is 7.05 Å². The third-order valence-electron chi connectivity index (χ3n) is 4.00. The first-order valence-electron chi connectivity index (χ1n) is 7.31. The number of hydrogen-bond acceptors (Lipinski definition) is 4. The second-order valence-electron chi connectivity index (χ2n) is 5.83. The lowest BCUT2D eigenvalue weighted by Crippen LogP contribution is -2.42. The third-order valence-corrected chi connectivity index (χ3v) is 4.20. The van der Waals surface area contributed by atoms with Crippen molar-refractivity contribution in [3.63, 3.8) is 0 Å². The Morgan fingerprint density at radius 3 is 2.86 bits per heavy atom. The van der Waals surface area contributed by atoms with Crippen LogP contribution in [0, 0.1) is 6.92 Å². The standard InChI is InChI=1S/C14H22ClN5O/c1-9(15)13-16-12-10(2)17-19(4)14(12)20(13)8-11-7-18(3)5-6-21-11/h9,11H,5-8H2,1-4H3. The van der Waals surface area contributed by atoms with Crippen molar-refractivity contribution in [1.29, 1.82) is 0 Å². The molecule has 7 heteroatoms. The lowest BCUT2D eigenvalue weighted by molar-refractivity contribution is -0.0274. The van der Waals surface area contributed by atoms with Crippen molar-refractivity contribution in [3.05, 3.63) is 11.5 Å². The van der Waals surface area contributed by atoms with Crippen LogP contribution in [0.5, 0.6) is 0 Å². The number of alkyl halides is 1. The highest BCUT2D eigenvalue weighted by atomic mass is 35.5. The number of halogens is 1. The van der Waals surface area contributed by atoms with Crippen LogP contribution < -0.4 is 0 Å². The summed E-state index contributed by atoms with van der Waals surface area (Å²) >= 11 is 6.32. The van der Waals surface area contributed by atoms with E-state index >= 15 is 0 Å². The van der Waals surface area contributed by atoms with E-state index in [9.17, 15) is 0 Å². The van der Waals surface area contributed by atoms with Crippen LogP contribution >= 0.6 is 11.6 Å². The summed E-state index contributed by atoms with van der Waals surface area (Å²) in [5.41, 5.74) is 2.89. The number of aromatic nitrogens is 4. The van der Waals surface area contributed by atoms with Crippen molar-refractivity contribution < 1.29 is 4.74 Å². The van der Waals surface area contributed by atoms with Crippen LogP contribution in [0.15, 0.2) is 0 Å². The van der Waals surface area contributed by atoms with E-state index in [1.165, 1.54) is 0 Å². The molecule has 116 valence electrons. The molecule has 0 radical (unpaired) electrons. The first-order chi connectivity index (χ1) is 9.97. The Bertz CT molecular complexity index is 647. The van der Waals surface area contributed by atoms with E-state index < -0.39 is 0 Å². The van der Waals surface area contributed by atoms with Crippen LogP contribution in [0.2, 0.25) is 0 Å². The Balaban J connectivity index is 2.00. The fourth-order valence-electron chi connectivity index (χ4n) is 3.02. The molecule has 1 saturated heterocycles. The Morgan fingerprint density at radius 2 is 2.19 bits per heavy atom. The summed E-state index contributed by atoms with van der Waals surface area (Å²) in [6.07, 6.45) is 0.158. The van der Waals surface area contributed by atoms with E-state index in [-0.39, 0.29) is 11.5 Å². The largest absolute Gasteiger partial charge is 0.374 e. The molecule has 21 heavy (non-hydrogen) atoms. The first kappa shape index (κ1) is 14.8. The first-order valence-corrected chi connectivity index (χ1v) is 7.75. The van der Waals surface area contributed by atoms with Crippen molar-refractivity contribution in [2.75, 3.05) is 26.7 Å². The summed E-state index contributed by atoms with van der Waals surface area (Å²) in [5.74, 6) is 0.889. The van der Waals surface area contributed by atoms with E-state index in [1.807, 2.05) is 25.6 Å². The molecule has 0 amide bonds. The monoisotopic (exact) mass is 311 g/mol. The number of fused-ring (bicyclic) bond motifs is 1. The number of aryl methyl sites for hydroxylation is 2. The van der Waals surface area contributed by atoms with Gasteiger partial charge in [0.25, 0.3) is 0 Å². The molecule has 2 aromatic rings. The van der Waals surface area contributed by atoms with E-state index in [2.05, 4.69) is 21.6 Å². The maximum absolute atomic E-state index is 6.32. The molecule has 0 spiro atoms. The maximum atomic E-state index is 6.32. The molecule has 2 atom stereocenters. The minimum atomic E-state index is -0.141. The van der Waals surface area contributed by atoms with Gasteiger partial charge in [0.2, 0.25) is 0 Å². The van der Waals surface area contributed by atoms with Crippen molar-refractivity contribution in [2.45, 2.75) is 31.9 Å². The highest BCUT2D eigenvalue weighted by molar-refractivity contribution is 6.20. The molecule has 1 fully saturated rings. The number of imidazole rings is 1. The summed E-state index contributed by atoms with van der Waals surface area (Å²) in [4.78, 5) is 6.99. The van der Waals surface area contributed by atoms with E-state index in [0.717, 1.165) is 48.9 Å². The average molecular weight is 312 g/mol. The second-order valence-corrected chi connectivity index (χ2v) is 6.49. The number of nitrogens with zero attached hydrogens (tertiary/aromatic N) is 5. The van der Waals surface area contributed by atoms with E-state index in [1.54, 1.807) is 0 Å². The predicted octanol–water partition coefficient (Wildman–Crippen LogP) is 1.71. The smallest absolute Gasteiger partial charge is 0.158 e. The maximum Gasteiger partial charge on any atom is 0.158 e. The van der Waals surface area contributed by atoms with Gasteiger partial charge in [-0.05, 0) is 20.9 Å². The highest BCUT2D eigenvalue weighted by Crippen LogP contribution is 2.26. The van der Waals surface area contributed by atoms with Gasteiger partial charge in [-0.25, -0.2) is 4.98 Å². The van der Waals surface area contributed by atoms with Gasteiger partial charge >= 0.3 is 0 Å². The summed E-state index contributed by atoms with van der Waals surface area (Å²) < 4.78 is 9.93. The van der Waals surface area contributed by atoms with Gasteiger partial charge in [-0.1, -0.05) is 0 Å². The van der Waals surface area contributed by atoms with Gasteiger partial charge in [0.15, 0.2) is 5.65 Å². The quantitative estimate of drug-likeness (QED) is 0.810. The SMILES string of the molecule is Cc1nn(C)c2c1nc(C(C)Cl)n2CC1CN(C)CCO1. The number of rotatable bonds is 3. The molecular weight excluding hydrogens is 290 g/mol. The van der Waals surface area contributed by atoms with E-state index in [4.69, 9.17) is 21.3 Å². The normalized spacial score (nSPS) is 22.0. The molecule has 0 saturated carbocycles. The van der Waals surface area contributed by atoms with Crippen molar-refractivity contribution >= 4 is 22.8 Å². The molecule has 2 aromatic heterocycles. The van der Waals surface area contributed by atoms with Gasteiger partial charge < -0.3 is 14.2 Å². The Hall–Kier alpha value is -1.11. The van der Waals surface area contributed by atoms with Gasteiger partial charge in [-0.15, -0.1) is 11.6 Å². The van der Waals surface area contributed by atoms with Crippen molar-refractivity contribution in [3.8, 4) is 0 Å². The van der Waals surface area contributed by atoms with Crippen LogP contribution in [-0.2, 0) is 18.3 Å². The zero-order valence-electron chi connectivity index (χ0n) is 13.0. The summed E-state index contributed by atoms with van der Waals surface area (Å²) in [7, 11) is 4.07. The van der Waals surface area contributed by atoms with Crippen LogP contribution in [0.25, 0.3) is 11.2 Å². The number of likely N-dealkylation sites (N-methyl/N-ethyl adjacent to an activating group) is 1. The Morgan fingerprint density at radius 1 is 1.43 bits per heavy atom. The fourth-order valence-corrected chi connectivity index (χ4v) is 3.18. The van der Waals surface area contributed by atoms with Crippen LogP contribution in [0.4, 0.5) is 0 Å². The molecule has 6 nitrogen and oxygen atoms in total. The molecule has 2 unspecified atom stereocenters. The number of hydrogen-bond donors (Lipinski definition) is 0. The van der Waals surface area contributed by atoms with Gasteiger partial charge in [0.1, 0.15) is 11.3 Å². The molecule has 3 heterocycles. The number of morpholine rings is 1. The topological polar surface area (TPSA) is 48.1 Å². The van der Waals surface area contributed by atoms with Gasteiger partial charge in [0, 0.05) is 20.1 Å². The minimum Gasteiger partial charge on any atom is -0.374 e. The average Bonchev–Trinajstić information content (AvgIpc) is 2.90. The number of ether oxygens (including phenoxy) is 1. The molecule has 0 N–H and O–H groups in total. The summed E-state index contributed by atoms with van der Waals surface area (Å²) in [5, 5.41) is 4.32. The molecule has 3 rings (SSSR count). The third kappa shape index (κ3) is 2.67. The van der Waals surface area contributed by atoms with Gasteiger partial charge in [0.05, 0.1) is 30.3 Å². The second kappa shape index (κ2) is 5.59. The predicted molar refractivity (Wildman–Crippen MR) is 82.7 cm³/mol. The van der Waals surface area contributed by atoms with E-state index in [0.29, 0.717) is 0 Å². The molecule has 0 aromatic carbocycles. The summed E-state index contributed by atoms with van der Waals surface area (Å²) in [6.45, 7) is 7.37. The molecule has 0 aliphatic carbocycles. The van der Waals surface area contributed by atoms with Crippen molar-refractivity contribution in [1.82, 2.24) is 24.2 Å². The zero-order valence-corrected chi connectivity index (χ0v) is 13.8. The Kier molecular flexibility index (Phi) is 3.94. The summed E-state index contributed by atoms with van der Waals surface area (Å²) in [6, 6.07) is 0. The lowest BCUT2D eigenvalue weighted by Gasteiger charge is -2.30. The molecule has 1 aliphatic heterocycles. The van der Waals surface area contributed by atoms with Crippen LogP contribution in [-0.4, -0.2) is 57.1 Å². The van der Waals surface area contributed by atoms with Gasteiger partial charge in [-0.3, -0.25) is 4.68 Å². The van der Waals surface area contributed by atoms with Crippen LogP contribution in [0.1, 0.15) is 23.8 Å². The molecule has 0 bridgehead atoms. The Labute approximate surface area is 129 Å². The lowest BCUT2D eigenvalue weighted by atomic mass is 10.2. The van der Waals surface area contributed by atoms with Gasteiger partial charge in [-0.2, -0.15) is 5.10 Å². The fraction of sp³-hybridized carbons (Fsp3) is 0.714.